The number of nitrogens with zero attached hydrogens (tertiary/aromatic N) is 4. The third-order valence-corrected chi connectivity index (χ3v) is 6.05. The van der Waals surface area contributed by atoms with Gasteiger partial charge in [0.2, 0.25) is 10.0 Å². The molecule has 2 aromatic carbocycles. The van der Waals surface area contributed by atoms with Crippen LogP contribution in [0.4, 0.5) is 5.69 Å². The monoisotopic (exact) mass is 410 g/mol. The molecule has 2 heterocycles. The molecule has 0 aliphatic rings. The summed E-state index contributed by atoms with van der Waals surface area (Å²) in [6.07, 6.45) is 1.73. The van der Waals surface area contributed by atoms with E-state index < -0.39 is 10.0 Å². The van der Waals surface area contributed by atoms with Crippen LogP contribution in [-0.2, 0) is 10.0 Å². The van der Waals surface area contributed by atoms with E-state index in [1.54, 1.807) is 25.4 Å². The van der Waals surface area contributed by atoms with Crippen molar-refractivity contribution in [3.8, 4) is 22.6 Å². The predicted molar refractivity (Wildman–Crippen MR) is 114 cm³/mol. The number of benzene rings is 2. The highest BCUT2D eigenvalue weighted by molar-refractivity contribution is 7.92. The quantitative estimate of drug-likeness (QED) is 0.502. The SMILES string of the molecule is CCS(=O)(=O)Nc1cccc(-c2n[nH]c3ccc(-c4nncn4C(C)C)cc23)c1. The van der Waals surface area contributed by atoms with Crippen LogP contribution in [0, 0.1) is 0 Å². The van der Waals surface area contributed by atoms with E-state index in [2.05, 4.69) is 39.0 Å². The molecule has 2 aromatic heterocycles. The minimum absolute atomic E-state index is 0.0163. The van der Waals surface area contributed by atoms with Gasteiger partial charge in [0.25, 0.3) is 0 Å². The van der Waals surface area contributed by atoms with Crippen molar-refractivity contribution in [3.05, 3.63) is 48.8 Å². The van der Waals surface area contributed by atoms with Crippen LogP contribution in [0.5, 0.6) is 0 Å². The van der Waals surface area contributed by atoms with Gasteiger partial charge in [-0.2, -0.15) is 5.10 Å². The first-order chi connectivity index (χ1) is 13.9. The second-order valence-corrected chi connectivity index (χ2v) is 9.09. The first-order valence-electron chi connectivity index (χ1n) is 9.37. The van der Waals surface area contributed by atoms with Gasteiger partial charge in [-0.25, -0.2) is 8.42 Å². The van der Waals surface area contributed by atoms with Crippen molar-refractivity contribution < 1.29 is 8.42 Å². The molecule has 0 saturated carbocycles. The van der Waals surface area contributed by atoms with Gasteiger partial charge in [-0.3, -0.25) is 9.82 Å². The number of anilines is 1. The molecule has 0 aliphatic heterocycles. The van der Waals surface area contributed by atoms with E-state index in [-0.39, 0.29) is 11.8 Å². The topological polar surface area (TPSA) is 106 Å². The molecule has 0 spiro atoms. The van der Waals surface area contributed by atoms with Crippen LogP contribution < -0.4 is 4.72 Å². The lowest BCUT2D eigenvalue weighted by Crippen LogP contribution is -2.14. The Morgan fingerprint density at radius 3 is 2.72 bits per heavy atom. The molecule has 4 rings (SSSR count). The lowest BCUT2D eigenvalue weighted by atomic mass is 10.0. The maximum Gasteiger partial charge on any atom is 0.232 e. The Labute approximate surface area is 169 Å². The van der Waals surface area contributed by atoms with Gasteiger partial charge in [0.15, 0.2) is 5.82 Å². The average Bonchev–Trinajstić information content (AvgIpc) is 3.34. The molecule has 0 amide bonds. The second-order valence-electron chi connectivity index (χ2n) is 7.07. The first kappa shape index (κ1) is 19.1. The van der Waals surface area contributed by atoms with E-state index in [9.17, 15) is 8.42 Å². The highest BCUT2D eigenvalue weighted by Crippen LogP contribution is 2.31. The van der Waals surface area contributed by atoms with Crippen molar-refractivity contribution in [2.45, 2.75) is 26.8 Å². The third-order valence-electron chi connectivity index (χ3n) is 4.74. The molecule has 29 heavy (non-hydrogen) atoms. The van der Waals surface area contributed by atoms with Gasteiger partial charge < -0.3 is 4.57 Å². The number of hydrogen-bond donors (Lipinski definition) is 2. The molecule has 150 valence electrons. The van der Waals surface area contributed by atoms with Gasteiger partial charge in [-0.05, 0) is 51.1 Å². The van der Waals surface area contributed by atoms with Crippen LogP contribution in [0.25, 0.3) is 33.5 Å². The lowest BCUT2D eigenvalue weighted by molar-refractivity contribution is 0.602. The Morgan fingerprint density at radius 2 is 1.97 bits per heavy atom. The van der Waals surface area contributed by atoms with Gasteiger partial charge in [0, 0.05) is 28.2 Å². The smallest absolute Gasteiger partial charge is 0.232 e. The van der Waals surface area contributed by atoms with Gasteiger partial charge in [0.1, 0.15) is 6.33 Å². The van der Waals surface area contributed by atoms with Gasteiger partial charge in [-0.1, -0.05) is 12.1 Å². The van der Waals surface area contributed by atoms with E-state index in [1.807, 2.05) is 34.9 Å². The highest BCUT2D eigenvalue weighted by atomic mass is 32.2. The minimum Gasteiger partial charge on any atom is -0.311 e. The van der Waals surface area contributed by atoms with Crippen LogP contribution >= 0.6 is 0 Å². The number of aromatic nitrogens is 5. The Bertz CT molecular complexity index is 1270. The van der Waals surface area contributed by atoms with Crippen LogP contribution in [-0.4, -0.2) is 39.1 Å². The largest absolute Gasteiger partial charge is 0.311 e. The Morgan fingerprint density at radius 1 is 1.14 bits per heavy atom. The molecular formula is C20H22N6O2S. The molecule has 0 aliphatic carbocycles. The molecule has 4 aromatic rings. The van der Waals surface area contributed by atoms with Crippen LogP contribution in [0.3, 0.4) is 0 Å². The second kappa shape index (κ2) is 7.32. The highest BCUT2D eigenvalue weighted by Gasteiger charge is 2.15. The molecule has 9 heteroatoms. The summed E-state index contributed by atoms with van der Waals surface area (Å²) in [4.78, 5) is 0. The standard InChI is InChI=1S/C20H22N6O2S/c1-4-29(27,28)25-16-7-5-6-14(10-16)19-17-11-15(8-9-18(17)22-23-19)20-24-21-12-26(20)13(2)3/h5-13,25H,4H2,1-3H3,(H,22,23). The Balaban J connectivity index is 1.79. The molecule has 0 radical (unpaired) electrons. The minimum atomic E-state index is -3.35. The van der Waals surface area contributed by atoms with E-state index in [4.69, 9.17) is 0 Å². The number of sulfonamides is 1. The summed E-state index contributed by atoms with van der Waals surface area (Å²) in [6, 6.07) is 13.4. The first-order valence-corrected chi connectivity index (χ1v) is 11.0. The van der Waals surface area contributed by atoms with Crippen molar-refractivity contribution in [1.82, 2.24) is 25.0 Å². The van der Waals surface area contributed by atoms with Gasteiger partial charge >= 0.3 is 0 Å². The van der Waals surface area contributed by atoms with E-state index in [1.165, 1.54) is 0 Å². The number of rotatable bonds is 6. The molecule has 0 fully saturated rings. The number of aromatic amines is 1. The van der Waals surface area contributed by atoms with Crippen molar-refractivity contribution in [2.24, 2.45) is 0 Å². The summed E-state index contributed by atoms with van der Waals surface area (Å²) < 4.78 is 28.4. The van der Waals surface area contributed by atoms with Crippen molar-refractivity contribution in [2.75, 3.05) is 10.5 Å². The summed E-state index contributed by atoms with van der Waals surface area (Å²) in [5.41, 5.74) is 3.90. The van der Waals surface area contributed by atoms with Gasteiger partial charge in [0.05, 0.1) is 17.0 Å². The Hall–Kier alpha value is -3.20. The van der Waals surface area contributed by atoms with Gasteiger partial charge in [-0.15, -0.1) is 10.2 Å². The fraction of sp³-hybridized carbons (Fsp3) is 0.250. The summed E-state index contributed by atoms with van der Waals surface area (Å²) in [5, 5.41) is 16.7. The van der Waals surface area contributed by atoms with E-state index in [0.29, 0.717) is 5.69 Å². The molecular weight excluding hydrogens is 388 g/mol. The summed E-state index contributed by atoms with van der Waals surface area (Å²) in [6.45, 7) is 5.76. The number of hydrogen-bond acceptors (Lipinski definition) is 5. The zero-order valence-corrected chi connectivity index (χ0v) is 17.2. The van der Waals surface area contributed by atoms with Crippen LogP contribution in [0.1, 0.15) is 26.8 Å². The average molecular weight is 411 g/mol. The summed E-state index contributed by atoms with van der Waals surface area (Å²) >= 11 is 0. The normalized spacial score (nSPS) is 12.0. The summed E-state index contributed by atoms with van der Waals surface area (Å²) in [5.74, 6) is 0.807. The lowest BCUT2D eigenvalue weighted by Gasteiger charge is -2.10. The third kappa shape index (κ3) is 3.73. The fourth-order valence-corrected chi connectivity index (χ4v) is 3.81. The van der Waals surface area contributed by atoms with Crippen molar-refractivity contribution >= 4 is 26.6 Å². The molecule has 2 N–H and O–H groups in total. The van der Waals surface area contributed by atoms with E-state index >= 15 is 0 Å². The van der Waals surface area contributed by atoms with Crippen molar-refractivity contribution in [1.29, 1.82) is 0 Å². The maximum absolute atomic E-state index is 11.9. The maximum atomic E-state index is 11.9. The number of H-pyrrole nitrogens is 1. The fourth-order valence-electron chi connectivity index (χ4n) is 3.18. The predicted octanol–water partition coefficient (Wildman–Crippen LogP) is 3.83. The molecule has 0 bridgehead atoms. The zero-order chi connectivity index (χ0) is 20.6. The molecule has 0 unspecified atom stereocenters. The number of nitrogens with one attached hydrogen (secondary N) is 2. The zero-order valence-electron chi connectivity index (χ0n) is 16.4. The molecule has 8 nitrogen and oxygen atoms in total. The summed E-state index contributed by atoms with van der Waals surface area (Å²) in [7, 11) is -3.35. The number of fused-ring (bicyclic) bond motifs is 1. The molecule has 0 saturated heterocycles. The van der Waals surface area contributed by atoms with Crippen LogP contribution in [0.15, 0.2) is 48.8 Å². The Kier molecular flexibility index (Phi) is 4.83. The van der Waals surface area contributed by atoms with Crippen molar-refractivity contribution in [3.63, 3.8) is 0 Å². The molecule has 0 atom stereocenters. The van der Waals surface area contributed by atoms with E-state index in [0.717, 1.165) is 33.5 Å². The van der Waals surface area contributed by atoms with Crippen LogP contribution in [0.2, 0.25) is 0 Å².